The normalized spacial score (nSPS) is 14.1. The van der Waals surface area contributed by atoms with Crippen LogP contribution in [0, 0.1) is 13.8 Å². The van der Waals surface area contributed by atoms with Crippen LogP contribution in [-0.2, 0) is 12.8 Å². The molecule has 0 fully saturated rings. The lowest BCUT2D eigenvalue weighted by atomic mass is 10.1. The summed E-state index contributed by atoms with van der Waals surface area (Å²) in [6.45, 7) is 6.11. The van der Waals surface area contributed by atoms with Gasteiger partial charge in [0.15, 0.2) is 5.96 Å². The zero-order valence-electron chi connectivity index (χ0n) is 15.7. The molecule has 5 nitrogen and oxygen atoms in total. The summed E-state index contributed by atoms with van der Waals surface area (Å²) in [6, 6.07) is 12.9. The SMILES string of the molecule is Cc1ccn2c(C)c(CCc3ccc(NC4=NCCN4C)cc3)nc2c1. The van der Waals surface area contributed by atoms with Crippen LogP contribution in [0.4, 0.5) is 5.69 Å². The molecule has 1 aliphatic heterocycles. The maximum Gasteiger partial charge on any atom is 0.198 e. The molecule has 1 aliphatic rings. The Bertz CT molecular complexity index is 952. The van der Waals surface area contributed by atoms with Crippen molar-refractivity contribution in [2.45, 2.75) is 26.7 Å². The van der Waals surface area contributed by atoms with Gasteiger partial charge in [0.05, 0.1) is 12.2 Å². The summed E-state index contributed by atoms with van der Waals surface area (Å²) in [7, 11) is 2.06. The molecule has 3 heterocycles. The number of imidazole rings is 1. The summed E-state index contributed by atoms with van der Waals surface area (Å²) in [4.78, 5) is 11.4. The van der Waals surface area contributed by atoms with E-state index in [9.17, 15) is 0 Å². The molecule has 4 rings (SSSR count). The molecule has 3 aromatic rings. The van der Waals surface area contributed by atoms with Gasteiger partial charge in [0.1, 0.15) is 5.65 Å². The highest BCUT2D eigenvalue weighted by atomic mass is 15.3. The molecular formula is C21H25N5. The Hall–Kier alpha value is -2.82. The number of aromatic nitrogens is 2. The maximum atomic E-state index is 4.81. The standard InChI is InChI=1S/C21H25N5/c1-15-10-12-26-16(2)19(24-20(26)14-15)9-6-17-4-7-18(8-5-17)23-21-22-11-13-25(21)3/h4-5,7-8,10,12,14H,6,9,11,13H2,1-3H3,(H,22,23). The van der Waals surface area contributed by atoms with Gasteiger partial charge in [-0.15, -0.1) is 0 Å². The smallest absolute Gasteiger partial charge is 0.198 e. The molecule has 0 radical (unpaired) electrons. The first-order valence-corrected chi connectivity index (χ1v) is 9.16. The predicted molar refractivity (Wildman–Crippen MR) is 107 cm³/mol. The summed E-state index contributed by atoms with van der Waals surface area (Å²) in [6.07, 6.45) is 4.05. The number of nitrogens with zero attached hydrogens (tertiary/aromatic N) is 4. The van der Waals surface area contributed by atoms with Crippen molar-refractivity contribution < 1.29 is 0 Å². The zero-order chi connectivity index (χ0) is 18.1. The molecule has 1 aromatic carbocycles. The first kappa shape index (κ1) is 16.6. The number of likely N-dealkylation sites (N-methyl/N-ethyl adjacent to an activating group) is 1. The molecule has 26 heavy (non-hydrogen) atoms. The molecule has 2 aromatic heterocycles. The Labute approximate surface area is 154 Å². The van der Waals surface area contributed by atoms with Crippen molar-refractivity contribution in [3.63, 3.8) is 0 Å². The summed E-state index contributed by atoms with van der Waals surface area (Å²) in [5, 5.41) is 3.38. The minimum absolute atomic E-state index is 0.870. The minimum Gasteiger partial charge on any atom is -0.344 e. The van der Waals surface area contributed by atoms with Crippen LogP contribution < -0.4 is 5.32 Å². The summed E-state index contributed by atoms with van der Waals surface area (Å²) < 4.78 is 2.17. The van der Waals surface area contributed by atoms with Gasteiger partial charge in [-0.3, -0.25) is 4.99 Å². The number of anilines is 1. The van der Waals surface area contributed by atoms with E-state index >= 15 is 0 Å². The van der Waals surface area contributed by atoms with Gasteiger partial charge in [-0.05, 0) is 62.1 Å². The summed E-state index contributed by atoms with van der Waals surface area (Å²) in [5.74, 6) is 0.952. The van der Waals surface area contributed by atoms with E-state index in [4.69, 9.17) is 4.98 Å². The van der Waals surface area contributed by atoms with Crippen molar-refractivity contribution >= 4 is 17.3 Å². The lowest BCUT2D eigenvalue weighted by Crippen LogP contribution is -2.28. The number of pyridine rings is 1. The second kappa shape index (κ2) is 6.83. The van der Waals surface area contributed by atoms with Crippen LogP contribution >= 0.6 is 0 Å². The van der Waals surface area contributed by atoms with Crippen LogP contribution in [0.2, 0.25) is 0 Å². The van der Waals surface area contributed by atoms with E-state index in [0.717, 1.165) is 43.2 Å². The van der Waals surface area contributed by atoms with Crippen molar-refractivity contribution in [2.75, 3.05) is 25.5 Å². The van der Waals surface area contributed by atoms with Gasteiger partial charge in [0.25, 0.3) is 0 Å². The van der Waals surface area contributed by atoms with E-state index in [1.165, 1.54) is 22.5 Å². The van der Waals surface area contributed by atoms with E-state index in [1.807, 2.05) is 0 Å². The Kier molecular flexibility index (Phi) is 4.37. The highest BCUT2D eigenvalue weighted by molar-refractivity contribution is 5.94. The van der Waals surface area contributed by atoms with E-state index in [1.54, 1.807) is 0 Å². The molecule has 134 valence electrons. The van der Waals surface area contributed by atoms with Gasteiger partial charge in [-0.25, -0.2) is 4.98 Å². The van der Waals surface area contributed by atoms with Crippen LogP contribution in [0.1, 0.15) is 22.5 Å². The molecule has 0 amide bonds. The average Bonchev–Trinajstić information content (AvgIpc) is 3.17. The number of aryl methyl sites for hydroxylation is 4. The third kappa shape index (κ3) is 3.29. The zero-order valence-corrected chi connectivity index (χ0v) is 15.7. The lowest BCUT2D eigenvalue weighted by Gasteiger charge is -2.15. The Morgan fingerprint density at radius 1 is 1.08 bits per heavy atom. The van der Waals surface area contributed by atoms with Gasteiger partial charge in [-0.1, -0.05) is 12.1 Å². The van der Waals surface area contributed by atoms with E-state index in [-0.39, 0.29) is 0 Å². The minimum atomic E-state index is 0.870. The Balaban J connectivity index is 1.42. The number of guanidine groups is 1. The lowest BCUT2D eigenvalue weighted by molar-refractivity contribution is 0.555. The molecule has 0 spiro atoms. The van der Waals surface area contributed by atoms with Gasteiger partial charge < -0.3 is 14.6 Å². The van der Waals surface area contributed by atoms with Crippen LogP contribution in [-0.4, -0.2) is 40.4 Å². The molecule has 0 unspecified atom stereocenters. The first-order chi connectivity index (χ1) is 12.6. The van der Waals surface area contributed by atoms with Gasteiger partial charge in [0, 0.05) is 31.2 Å². The number of rotatable bonds is 4. The number of nitrogens with one attached hydrogen (secondary N) is 1. The average molecular weight is 347 g/mol. The molecule has 0 saturated carbocycles. The fourth-order valence-corrected chi connectivity index (χ4v) is 3.37. The largest absolute Gasteiger partial charge is 0.344 e. The van der Waals surface area contributed by atoms with E-state index in [2.05, 4.69) is 83.1 Å². The molecule has 0 aliphatic carbocycles. The highest BCUT2D eigenvalue weighted by Gasteiger charge is 2.12. The van der Waals surface area contributed by atoms with Crippen molar-refractivity contribution in [2.24, 2.45) is 4.99 Å². The molecule has 0 atom stereocenters. The van der Waals surface area contributed by atoms with Crippen molar-refractivity contribution in [3.8, 4) is 0 Å². The van der Waals surface area contributed by atoms with Gasteiger partial charge in [0.2, 0.25) is 0 Å². The number of fused-ring (bicyclic) bond motifs is 1. The van der Waals surface area contributed by atoms with Crippen LogP contribution in [0.3, 0.4) is 0 Å². The van der Waals surface area contributed by atoms with Gasteiger partial charge in [-0.2, -0.15) is 0 Å². The van der Waals surface area contributed by atoms with Crippen molar-refractivity contribution in [3.05, 3.63) is 65.1 Å². The third-order valence-electron chi connectivity index (χ3n) is 5.04. The second-order valence-corrected chi connectivity index (χ2v) is 7.03. The topological polar surface area (TPSA) is 44.9 Å². The second-order valence-electron chi connectivity index (χ2n) is 7.03. The molecule has 5 heteroatoms. The van der Waals surface area contributed by atoms with Crippen molar-refractivity contribution in [1.29, 1.82) is 0 Å². The van der Waals surface area contributed by atoms with Crippen LogP contribution in [0.5, 0.6) is 0 Å². The first-order valence-electron chi connectivity index (χ1n) is 9.16. The van der Waals surface area contributed by atoms with Crippen LogP contribution in [0.25, 0.3) is 5.65 Å². The fraction of sp³-hybridized carbons (Fsp3) is 0.333. The summed E-state index contributed by atoms with van der Waals surface area (Å²) in [5.41, 5.74) is 7.11. The van der Waals surface area contributed by atoms with E-state index < -0.39 is 0 Å². The Morgan fingerprint density at radius 2 is 1.88 bits per heavy atom. The number of benzene rings is 1. The predicted octanol–water partition coefficient (Wildman–Crippen LogP) is 3.45. The molecule has 0 bridgehead atoms. The highest BCUT2D eigenvalue weighted by Crippen LogP contribution is 2.17. The monoisotopic (exact) mass is 347 g/mol. The van der Waals surface area contributed by atoms with E-state index in [0.29, 0.717) is 0 Å². The molecule has 1 N–H and O–H groups in total. The Morgan fingerprint density at radius 3 is 2.62 bits per heavy atom. The van der Waals surface area contributed by atoms with Gasteiger partial charge >= 0.3 is 0 Å². The number of hydrogen-bond acceptors (Lipinski definition) is 4. The number of hydrogen-bond donors (Lipinski definition) is 1. The third-order valence-corrected chi connectivity index (χ3v) is 5.04. The van der Waals surface area contributed by atoms with Crippen molar-refractivity contribution in [1.82, 2.24) is 14.3 Å². The number of aliphatic imine (C=N–C) groups is 1. The maximum absolute atomic E-state index is 4.81. The summed E-state index contributed by atoms with van der Waals surface area (Å²) >= 11 is 0. The quantitative estimate of drug-likeness (QED) is 0.786. The molecular weight excluding hydrogens is 322 g/mol. The fourth-order valence-electron chi connectivity index (χ4n) is 3.37. The molecule has 0 saturated heterocycles. The van der Waals surface area contributed by atoms with Crippen LogP contribution in [0.15, 0.2) is 47.6 Å².